The number of allylic oxidation sites excluding steroid dienone is 8. The van der Waals surface area contributed by atoms with Gasteiger partial charge in [-0.2, -0.15) is 0 Å². The minimum atomic E-state index is -4.63. The first-order valence-electron chi connectivity index (χ1n) is 19.0. The number of phosphoric acid groups is 1. The van der Waals surface area contributed by atoms with Crippen LogP contribution in [0.15, 0.2) is 48.6 Å². The van der Waals surface area contributed by atoms with E-state index in [4.69, 9.17) is 19.1 Å². The fourth-order valence-corrected chi connectivity index (χ4v) is 5.47. The molecule has 0 aromatic carbocycles. The number of ether oxygens (including phenoxy) is 2. The van der Waals surface area contributed by atoms with Gasteiger partial charge in [0.2, 0.25) is 0 Å². The fourth-order valence-electron chi connectivity index (χ4n) is 4.68. The van der Waals surface area contributed by atoms with Crippen molar-refractivity contribution in [2.24, 2.45) is 5.92 Å². The molecule has 0 aliphatic heterocycles. The van der Waals surface area contributed by atoms with Crippen LogP contribution in [0.1, 0.15) is 136 Å². The number of phosphoric ester groups is 1. The highest BCUT2D eigenvalue weighted by atomic mass is 31.2. The summed E-state index contributed by atoms with van der Waals surface area (Å²) in [6.07, 6.45) is 29.2. The minimum absolute atomic E-state index is 0.151. The van der Waals surface area contributed by atoms with Gasteiger partial charge >= 0.3 is 19.8 Å². The molecule has 0 saturated heterocycles. The number of aliphatic hydroxyl groups is 3. The molecule has 4 N–H and O–H groups in total. The van der Waals surface area contributed by atoms with Crippen LogP contribution in [-0.4, -0.2) is 76.9 Å². The SMILES string of the molecule is CC[C@H](O)CC/C=C\C/C=C\C/C=C\C/C=C\CCCC(=O)OC[C@H](COP(=O)(O)OC[C@@H](O)CO)OC(=O)CCCCCCCCCC(C)C. The molecule has 296 valence electrons. The maximum absolute atomic E-state index is 12.5. The summed E-state index contributed by atoms with van der Waals surface area (Å²) < 4.78 is 32.5. The molecule has 0 saturated carbocycles. The molecule has 0 spiro atoms. The van der Waals surface area contributed by atoms with Gasteiger partial charge in [0, 0.05) is 12.8 Å². The topological polar surface area (TPSA) is 169 Å². The van der Waals surface area contributed by atoms with Gasteiger partial charge in [-0.05, 0) is 63.7 Å². The predicted molar refractivity (Wildman–Crippen MR) is 202 cm³/mol. The average molecular weight is 745 g/mol. The van der Waals surface area contributed by atoms with E-state index in [-0.39, 0.29) is 25.6 Å². The average Bonchev–Trinajstić information content (AvgIpc) is 3.10. The third kappa shape index (κ3) is 34.7. The third-order valence-electron chi connectivity index (χ3n) is 7.83. The van der Waals surface area contributed by atoms with E-state index < -0.39 is 51.8 Å². The van der Waals surface area contributed by atoms with Crippen LogP contribution in [0.3, 0.4) is 0 Å². The molecule has 4 atom stereocenters. The maximum atomic E-state index is 12.5. The Morgan fingerprint density at radius 3 is 1.76 bits per heavy atom. The Hall–Kier alpha value is -2.11. The number of carbonyl (C=O) groups is 2. The van der Waals surface area contributed by atoms with Gasteiger partial charge in [-0.1, -0.05) is 114 Å². The van der Waals surface area contributed by atoms with Gasteiger partial charge in [-0.3, -0.25) is 18.6 Å². The molecular weight excluding hydrogens is 675 g/mol. The Kier molecular flexibility index (Phi) is 32.3. The first-order valence-corrected chi connectivity index (χ1v) is 20.5. The number of carbonyl (C=O) groups excluding carboxylic acids is 2. The van der Waals surface area contributed by atoms with E-state index >= 15 is 0 Å². The summed E-state index contributed by atoms with van der Waals surface area (Å²) in [5.41, 5.74) is 0. The predicted octanol–water partition coefficient (Wildman–Crippen LogP) is 8.21. The highest BCUT2D eigenvalue weighted by molar-refractivity contribution is 7.47. The standard InChI is InChI=1S/C39H69O11P/c1-4-35(41)27-23-19-15-11-9-7-5-6-8-10-12-16-20-24-28-38(43)47-32-37(33-49-51(45,46)48-31-36(42)30-40)50-39(44)29-25-21-17-13-14-18-22-26-34(2)3/h6-9,12,15-16,19,34-37,40-42H,4-5,10-11,13-14,17-18,20-33H2,1-3H3,(H,45,46)/b8-6-,9-7-,16-12-,19-15-/t35-,36-,37+/m0/s1. The zero-order valence-corrected chi connectivity index (χ0v) is 32.5. The molecule has 0 radical (unpaired) electrons. The van der Waals surface area contributed by atoms with Crippen LogP contribution in [0, 0.1) is 5.92 Å². The summed E-state index contributed by atoms with van der Waals surface area (Å²) in [6, 6.07) is 0. The second-order valence-electron chi connectivity index (χ2n) is 13.2. The van der Waals surface area contributed by atoms with E-state index in [0.29, 0.717) is 19.3 Å². The molecule has 0 heterocycles. The van der Waals surface area contributed by atoms with Crippen LogP contribution in [0.5, 0.6) is 0 Å². The van der Waals surface area contributed by atoms with E-state index in [1.54, 1.807) is 0 Å². The number of rotatable bonds is 34. The van der Waals surface area contributed by atoms with Crippen LogP contribution in [-0.2, 0) is 32.7 Å². The second-order valence-corrected chi connectivity index (χ2v) is 14.7. The second kappa shape index (κ2) is 33.7. The zero-order valence-electron chi connectivity index (χ0n) is 31.6. The Balaban J connectivity index is 4.46. The molecule has 51 heavy (non-hydrogen) atoms. The van der Waals surface area contributed by atoms with Gasteiger partial charge < -0.3 is 29.7 Å². The highest BCUT2D eigenvalue weighted by Crippen LogP contribution is 2.43. The number of aliphatic hydroxyl groups excluding tert-OH is 3. The van der Waals surface area contributed by atoms with Crippen LogP contribution in [0.2, 0.25) is 0 Å². The van der Waals surface area contributed by atoms with Crippen molar-refractivity contribution in [3.05, 3.63) is 48.6 Å². The number of unbranched alkanes of at least 4 members (excludes halogenated alkanes) is 7. The Labute approximate surface area is 307 Å². The Morgan fingerprint density at radius 1 is 0.647 bits per heavy atom. The van der Waals surface area contributed by atoms with Gasteiger partial charge in [-0.15, -0.1) is 0 Å². The molecule has 12 heteroatoms. The van der Waals surface area contributed by atoms with Crippen molar-refractivity contribution in [1.29, 1.82) is 0 Å². The molecule has 0 aromatic heterocycles. The van der Waals surface area contributed by atoms with Crippen molar-refractivity contribution in [2.75, 3.05) is 26.4 Å². The first kappa shape index (κ1) is 48.9. The number of hydrogen-bond acceptors (Lipinski definition) is 10. The Morgan fingerprint density at radius 2 is 1.18 bits per heavy atom. The van der Waals surface area contributed by atoms with Gasteiger partial charge in [-0.25, -0.2) is 4.57 Å². The molecule has 0 fully saturated rings. The third-order valence-corrected chi connectivity index (χ3v) is 8.78. The quantitative estimate of drug-likeness (QED) is 0.0217. The summed E-state index contributed by atoms with van der Waals surface area (Å²) in [5, 5.41) is 27.8. The normalized spacial score (nSPS) is 15.3. The molecule has 0 aromatic rings. The zero-order chi connectivity index (χ0) is 38.0. The van der Waals surface area contributed by atoms with Gasteiger partial charge in [0.15, 0.2) is 6.10 Å². The molecule has 0 aliphatic carbocycles. The Bertz CT molecular complexity index is 1020. The van der Waals surface area contributed by atoms with Crippen LogP contribution < -0.4 is 0 Å². The molecule has 0 amide bonds. The lowest BCUT2D eigenvalue weighted by molar-refractivity contribution is -0.161. The van der Waals surface area contributed by atoms with Crippen molar-refractivity contribution in [3.8, 4) is 0 Å². The van der Waals surface area contributed by atoms with Gasteiger partial charge in [0.1, 0.15) is 12.7 Å². The lowest BCUT2D eigenvalue weighted by Gasteiger charge is -2.20. The molecule has 11 nitrogen and oxygen atoms in total. The van der Waals surface area contributed by atoms with E-state index in [2.05, 4.69) is 54.8 Å². The molecule has 0 aliphatic rings. The van der Waals surface area contributed by atoms with E-state index in [9.17, 15) is 29.3 Å². The summed E-state index contributed by atoms with van der Waals surface area (Å²) in [7, 11) is -4.63. The van der Waals surface area contributed by atoms with Crippen LogP contribution in [0.25, 0.3) is 0 Å². The molecule has 0 bridgehead atoms. The summed E-state index contributed by atoms with van der Waals surface area (Å²) in [4.78, 5) is 34.7. The van der Waals surface area contributed by atoms with Crippen LogP contribution >= 0.6 is 7.82 Å². The lowest BCUT2D eigenvalue weighted by Crippen LogP contribution is -2.29. The number of hydrogen-bond donors (Lipinski definition) is 4. The summed E-state index contributed by atoms with van der Waals surface area (Å²) in [6.45, 7) is 4.24. The monoisotopic (exact) mass is 744 g/mol. The van der Waals surface area contributed by atoms with E-state index in [1.807, 2.05) is 19.1 Å². The summed E-state index contributed by atoms with van der Waals surface area (Å²) >= 11 is 0. The first-order chi connectivity index (χ1) is 24.5. The van der Waals surface area contributed by atoms with E-state index in [0.717, 1.165) is 63.7 Å². The van der Waals surface area contributed by atoms with Gasteiger partial charge in [0.25, 0.3) is 0 Å². The maximum Gasteiger partial charge on any atom is 0.472 e. The molecular formula is C39H69O11P. The van der Waals surface area contributed by atoms with Crippen LogP contribution in [0.4, 0.5) is 0 Å². The fraction of sp³-hybridized carbons (Fsp3) is 0.744. The highest BCUT2D eigenvalue weighted by Gasteiger charge is 2.27. The number of esters is 2. The van der Waals surface area contributed by atoms with Crippen molar-refractivity contribution >= 4 is 19.8 Å². The smallest absolute Gasteiger partial charge is 0.462 e. The van der Waals surface area contributed by atoms with Crippen molar-refractivity contribution in [1.82, 2.24) is 0 Å². The van der Waals surface area contributed by atoms with Crippen molar-refractivity contribution < 1.29 is 52.9 Å². The lowest BCUT2D eigenvalue weighted by atomic mass is 10.0. The molecule has 0 rings (SSSR count). The largest absolute Gasteiger partial charge is 0.472 e. The summed E-state index contributed by atoms with van der Waals surface area (Å²) in [5.74, 6) is -0.289. The molecule has 1 unspecified atom stereocenters. The van der Waals surface area contributed by atoms with E-state index in [1.165, 1.54) is 25.7 Å². The van der Waals surface area contributed by atoms with Crippen molar-refractivity contribution in [3.63, 3.8) is 0 Å². The van der Waals surface area contributed by atoms with Crippen molar-refractivity contribution in [2.45, 2.75) is 155 Å². The minimum Gasteiger partial charge on any atom is -0.462 e. The van der Waals surface area contributed by atoms with Gasteiger partial charge in [0.05, 0.1) is 25.9 Å².